The lowest BCUT2D eigenvalue weighted by molar-refractivity contribution is 0.333. The summed E-state index contributed by atoms with van der Waals surface area (Å²) in [7, 11) is 0. The molecule has 1 heterocycles. The highest BCUT2D eigenvalue weighted by Gasteiger charge is 2.09. The number of rotatable bonds is 6. The number of ether oxygens (including phenoxy) is 1. The Hall–Kier alpha value is -0.780. The molecule has 102 valence electrons. The van der Waals surface area contributed by atoms with Gasteiger partial charge in [-0.15, -0.1) is 0 Å². The van der Waals surface area contributed by atoms with Crippen molar-refractivity contribution in [2.75, 3.05) is 6.61 Å². The Labute approximate surface area is 129 Å². The van der Waals surface area contributed by atoms with E-state index >= 15 is 0 Å². The van der Waals surface area contributed by atoms with E-state index in [0.29, 0.717) is 6.61 Å². The number of halogens is 2. The van der Waals surface area contributed by atoms with Crippen molar-refractivity contribution in [3.05, 3.63) is 50.8 Å². The van der Waals surface area contributed by atoms with E-state index in [-0.39, 0.29) is 0 Å². The summed E-state index contributed by atoms with van der Waals surface area (Å²) in [4.78, 5) is 0. The first-order valence-corrected chi connectivity index (χ1v) is 7.61. The van der Waals surface area contributed by atoms with E-state index in [2.05, 4.69) is 43.2 Å². The van der Waals surface area contributed by atoms with Crippen LogP contribution in [0.3, 0.4) is 0 Å². The van der Waals surface area contributed by atoms with Gasteiger partial charge >= 0.3 is 0 Å². The molecule has 0 amide bonds. The zero-order valence-corrected chi connectivity index (χ0v) is 13.8. The molecular formula is C14H15Br2NO2. The van der Waals surface area contributed by atoms with Gasteiger partial charge in [-0.05, 0) is 41.1 Å². The highest BCUT2D eigenvalue weighted by atomic mass is 79.9. The van der Waals surface area contributed by atoms with Crippen molar-refractivity contribution in [3.8, 4) is 5.75 Å². The number of nitrogens with one attached hydrogen (secondary N) is 1. The Bertz CT molecular complexity index is 526. The second-order valence-corrected chi connectivity index (χ2v) is 5.81. The van der Waals surface area contributed by atoms with Crippen molar-refractivity contribution in [1.82, 2.24) is 5.32 Å². The summed E-state index contributed by atoms with van der Waals surface area (Å²) in [6.07, 6.45) is 3.42. The van der Waals surface area contributed by atoms with E-state index in [1.807, 2.05) is 19.1 Å². The Balaban J connectivity index is 2.05. The summed E-state index contributed by atoms with van der Waals surface area (Å²) in [5, 5.41) is 3.38. The smallest absolute Gasteiger partial charge is 0.138 e. The van der Waals surface area contributed by atoms with E-state index in [0.717, 1.165) is 38.9 Å². The SMILES string of the molecule is CCOc1c(Br)cc(Br)cc1CNCc1ccoc1. The number of hydrogen-bond acceptors (Lipinski definition) is 3. The van der Waals surface area contributed by atoms with Crippen molar-refractivity contribution in [2.45, 2.75) is 20.0 Å². The first kappa shape index (κ1) is 14.6. The van der Waals surface area contributed by atoms with Crippen LogP contribution in [0.5, 0.6) is 5.75 Å². The zero-order chi connectivity index (χ0) is 13.7. The molecule has 0 saturated heterocycles. The molecule has 0 spiro atoms. The van der Waals surface area contributed by atoms with Gasteiger partial charge in [0.2, 0.25) is 0 Å². The van der Waals surface area contributed by atoms with Crippen LogP contribution in [0.15, 0.2) is 44.1 Å². The number of furan rings is 1. The Morgan fingerprint density at radius 1 is 1.26 bits per heavy atom. The van der Waals surface area contributed by atoms with Crippen LogP contribution < -0.4 is 10.1 Å². The van der Waals surface area contributed by atoms with Gasteiger partial charge in [0.05, 0.1) is 23.6 Å². The summed E-state index contributed by atoms with van der Waals surface area (Å²) in [6, 6.07) is 6.01. The Kier molecular flexibility index (Phi) is 5.48. The van der Waals surface area contributed by atoms with Crippen LogP contribution in [-0.2, 0) is 13.1 Å². The molecule has 0 saturated carbocycles. The summed E-state index contributed by atoms with van der Waals surface area (Å²) < 4.78 is 12.7. The van der Waals surface area contributed by atoms with Crippen molar-refractivity contribution >= 4 is 31.9 Å². The van der Waals surface area contributed by atoms with Gasteiger partial charge in [0.25, 0.3) is 0 Å². The molecule has 3 nitrogen and oxygen atoms in total. The molecule has 5 heteroatoms. The Morgan fingerprint density at radius 3 is 2.79 bits per heavy atom. The van der Waals surface area contributed by atoms with E-state index < -0.39 is 0 Å². The van der Waals surface area contributed by atoms with Gasteiger partial charge < -0.3 is 14.5 Å². The second-order valence-electron chi connectivity index (χ2n) is 4.04. The Morgan fingerprint density at radius 2 is 2.11 bits per heavy atom. The molecule has 19 heavy (non-hydrogen) atoms. The van der Waals surface area contributed by atoms with E-state index in [1.54, 1.807) is 12.5 Å². The third kappa shape index (κ3) is 4.09. The maximum atomic E-state index is 5.68. The van der Waals surface area contributed by atoms with Gasteiger partial charge in [0, 0.05) is 28.7 Å². The minimum atomic E-state index is 0.648. The number of hydrogen-bond donors (Lipinski definition) is 1. The fourth-order valence-electron chi connectivity index (χ4n) is 1.79. The topological polar surface area (TPSA) is 34.4 Å². The number of benzene rings is 1. The van der Waals surface area contributed by atoms with Crippen LogP contribution in [0.25, 0.3) is 0 Å². The normalized spacial score (nSPS) is 10.7. The van der Waals surface area contributed by atoms with Crippen LogP contribution in [0.2, 0.25) is 0 Å². The molecular weight excluding hydrogens is 374 g/mol. The molecule has 1 aromatic carbocycles. The molecule has 0 unspecified atom stereocenters. The summed E-state index contributed by atoms with van der Waals surface area (Å²) >= 11 is 7.03. The summed E-state index contributed by atoms with van der Waals surface area (Å²) in [5.74, 6) is 0.894. The van der Waals surface area contributed by atoms with Crippen molar-refractivity contribution in [1.29, 1.82) is 0 Å². The highest BCUT2D eigenvalue weighted by Crippen LogP contribution is 2.33. The maximum absolute atomic E-state index is 5.68. The third-order valence-corrected chi connectivity index (χ3v) is 3.65. The molecule has 0 atom stereocenters. The lowest BCUT2D eigenvalue weighted by Crippen LogP contribution is -2.13. The maximum Gasteiger partial charge on any atom is 0.138 e. The van der Waals surface area contributed by atoms with Gasteiger partial charge in [-0.2, -0.15) is 0 Å². The minimum absolute atomic E-state index is 0.648. The van der Waals surface area contributed by atoms with Crippen LogP contribution in [0.4, 0.5) is 0 Å². The first-order valence-electron chi connectivity index (χ1n) is 6.03. The molecule has 0 fully saturated rings. The van der Waals surface area contributed by atoms with Gasteiger partial charge in [0.1, 0.15) is 5.75 Å². The lowest BCUT2D eigenvalue weighted by atomic mass is 10.2. The van der Waals surface area contributed by atoms with E-state index in [1.165, 1.54) is 0 Å². The first-order chi connectivity index (χ1) is 9.20. The van der Waals surface area contributed by atoms with Crippen LogP contribution in [-0.4, -0.2) is 6.61 Å². The predicted molar refractivity (Wildman–Crippen MR) is 82.3 cm³/mol. The zero-order valence-electron chi connectivity index (χ0n) is 10.6. The third-order valence-electron chi connectivity index (χ3n) is 2.60. The van der Waals surface area contributed by atoms with Crippen LogP contribution >= 0.6 is 31.9 Å². The molecule has 0 aliphatic heterocycles. The predicted octanol–water partition coefficient (Wildman–Crippen LogP) is 4.49. The minimum Gasteiger partial charge on any atom is -0.492 e. The standard InChI is InChI=1S/C14H15Br2NO2/c1-2-19-14-11(5-12(15)6-13(14)16)8-17-7-10-3-4-18-9-10/h3-6,9,17H,2,7-8H2,1H3. The summed E-state index contributed by atoms with van der Waals surface area (Å²) in [6.45, 7) is 4.14. The van der Waals surface area contributed by atoms with E-state index in [4.69, 9.17) is 9.15 Å². The van der Waals surface area contributed by atoms with Gasteiger partial charge in [-0.25, -0.2) is 0 Å². The largest absolute Gasteiger partial charge is 0.492 e. The quantitative estimate of drug-likeness (QED) is 0.791. The van der Waals surface area contributed by atoms with Crippen molar-refractivity contribution < 1.29 is 9.15 Å². The van der Waals surface area contributed by atoms with Gasteiger partial charge in [-0.3, -0.25) is 0 Å². The second kappa shape index (κ2) is 7.12. The fraction of sp³-hybridized carbons (Fsp3) is 0.286. The molecule has 0 aliphatic rings. The molecule has 2 rings (SSSR count). The van der Waals surface area contributed by atoms with Crippen LogP contribution in [0, 0.1) is 0 Å². The fourth-order valence-corrected chi connectivity index (χ4v) is 3.21. The van der Waals surface area contributed by atoms with Crippen LogP contribution in [0.1, 0.15) is 18.1 Å². The molecule has 0 aliphatic carbocycles. The van der Waals surface area contributed by atoms with E-state index in [9.17, 15) is 0 Å². The monoisotopic (exact) mass is 387 g/mol. The molecule has 0 bridgehead atoms. The van der Waals surface area contributed by atoms with Gasteiger partial charge in [0.15, 0.2) is 0 Å². The molecule has 1 N–H and O–H groups in total. The average molecular weight is 389 g/mol. The molecule has 0 radical (unpaired) electrons. The average Bonchev–Trinajstić information content (AvgIpc) is 2.86. The van der Waals surface area contributed by atoms with Gasteiger partial charge in [-0.1, -0.05) is 15.9 Å². The van der Waals surface area contributed by atoms with Crippen molar-refractivity contribution in [2.24, 2.45) is 0 Å². The summed E-state index contributed by atoms with van der Waals surface area (Å²) in [5.41, 5.74) is 2.25. The molecule has 1 aromatic heterocycles. The van der Waals surface area contributed by atoms with Crippen molar-refractivity contribution in [3.63, 3.8) is 0 Å². The molecule has 2 aromatic rings. The highest BCUT2D eigenvalue weighted by molar-refractivity contribution is 9.11. The lowest BCUT2D eigenvalue weighted by Gasteiger charge is -2.13.